The van der Waals surface area contributed by atoms with Gasteiger partial charge in [0.2, 0.25) is 10.0 Å². The SMILES string of the molecule is CCOC(=O)c1c(NC(=O)[C@@H](CC)Oc2ccc(N(C)S(C)(=O)=O)cc2)sc2c1CCCC2. The van der Waals surface area contributed by atoms with Crippen molar-refractivity contribution in [3.05, 3.63) is 40.3 Å². The van der Waals surface area contributed by atoms with Crippen molar-refractivity contribution < 1.29 is 27.5 Å². The smallest absolute Gasteiger partial charge is 0.341 e. The van der Waals surface area contributed by atoms with E-state index in [1.165, 1.54) is 18.4 Å². The van der Waals surface area contributed by atoms with Crippen LogP contribution in [0, 0.1) is 0 Å². The van der Waals surface area contributed by atoms with Crippen LogP contribution in [-0.4, -0.2) is 46.3 Å². The summed E-state index contributed by atoms with van der Waals surface area (Å²) in [5.74, 6) is -0.315. The molecular weight excluding hydrogens is 464 g/mol. The number of hydrogen-bond acceptors (Lipinski definition) is 7. The Morgan fingerprint density at radius 2 is 1.82 bits per heavy atom. The number of hydrogen-bond donors (Lipinski definition) is 1. The number of amides is 1. The van der Waals surface area contributed by atoms with Gasteiger partial charge in [-0.25, -0.2) is 13.2 Å². The molecule has 33 heavy (non-hydrogen) atoms. The van der Waals surface area contributed by atoms with Crippen LogP contribution in [0.2, 0.25) is 0 Å². The number of rotatable bonds is 9. The summed E-state index contributed by atoms with van der Waals surface area (Å²) in [4.78, 5) is 26.8. The van der Waals surface area contributed by atoms with Gasteiger partial charge >= 0.3 is 5.97 Å². The molecule has 8 nitrogen and oxygen atoms in total. The molecule has 1 aliphatic rings. The monoisotopic (exact) mass is 494 g/mol. The Morgan fingerprint density at radius 3 is 2.42 bits per heavy atom. The predicted octanol–water partition coefficient (Wildman–Crippen LogP) is 4.00. The van der Waals surface area contributed by atoms with E-state index in [-0.39, 0.29) is 12.5 Å². The molecule has 0 fully saturated rings. The largest absolute Gasteiger partial charge is 0.481 e. The molecule has 1 amide bonds. The topological polar surface area (TPSA) is 102 Å². The Kier molecular flexibility index (Phi) is 8.01. The fourth-order valence-corrected chi connectivity index (χ4v) is 5.46. The standard InChI is InChI=1S/C23H30N2O6S2/c1-5-18(31-16-13-11-15(12-14-16)25(3)33(4,28)29)21(26)24-22-20(23(27)30-6-2)17-9-7-8-10-19(17)32-22/h11-14,18H,5-10H2,1-4H3,(H,24,26)/t18-/m1/s1. The number of benzene rings is 1. The summed E-state index contributed by atoms with van der Waals surface area (Å²) in [6, 6.07) is 6.49. The van der Waals surface area contributed by atoms with Crippen LogP contribution in [0.4, 0.5) is 10.7 Å². The van der Waals surface area contributed by atoms with Crippen LogP contribution in [0.25, 0.3) is 0 Å². The molecule has 1 aliphatic carbocycles. The lowest BCUT2D eigenvalue weighted by Crippen LogP contribution is -2.32. The molecule has 3 rings (SSSR count). The zero-order valence-corrected chi connectivity index (χ0v) is 21.0. The highest BCUT2D eigenvalue weighted by molar-refractivity contribution is 7.92. The number of aryl methyl sites for hydroxylation is 1. The van der Waals surface area contributed by atoms with E-state index in [1.807, 2.05) is 6.92 Å². The van der Waals surface area contributed by atoms with Crippen LogP contribution in [0.15, 0.2) is 24.3 Å². The van der Waals surface area contributed by atoms with Gasteiger partial charge in [-0.15, -0.1) is 11.3 Å². The molecule has 2 aromatic rings. The number of nitrogens with one attached hydrogen (secondary N) is 1. The van der Waals surface area contributed by atoms with E-state index in [9.17, 15) is 18.0 Å². The third kappa shape index (κ3) is 5.86. The van der Waals surface area contributed by atoms with Gasteiger partial charge in [-0.2, -0.15) is 0 Å². The van der Waals surface area contributed by atoms with Gasteiger partial charge in [0.25, 0.3) is 5.91 Å². The van der Waals surface area contributed by atoms with Gasteiger partial charge in [0, 0.05) is 11.9 Å². The highest BCUT2D eigenvalue weighted by atomic mass is 32.2. The van der Waals surface area contributed by atoms with Crippen LogP contribution in [-0.2, 0) is 32.4 Å². The lowest BCUT2D eigenvalue weighted by Gasteiger charge is -2.19. The average molecular weight is 495 g/mol. The lowest BCUT2D eigenvalue weighted by atomic mass is 9.95. The second-order valence-corrected chi connectivity index (χ2v) is 11.0. The van der Waals surface area contributed by atoms with Crippen molar-refractivity contribution >= 4 is 43.9 Å². The Hall–Kier alpha value is -2.59. The molecular formula is C23H30N2O6S2. The van der Waals surface area contributed by atoms with Gasteiger partial charge in [0.15, 0.2) is 6.10 Å². The van der Waals surface area contributed by atoms with Gasteiger partial charge in [-0.1, -0.05) is 6.92 Å². The first kappa shape index (κ1) is 25.0. The fourth-order valence-electron chi connectivity index (χ4n) is 3.68. The van der Waals surface area contributed by atoms with E-state index in [0.29, 0.717) is 28.4 Å². The highest BCUT2D eigenvalue weighted by Crippen LogP contribution is 2.38. The Balaban J connectivity index is 1.76. The van der Waals surface area contributed by atoms with E-state index in [2.05, 4.69) is 5.32 Å². The van der Waals surface area contributed by atoms with Gasteiger partial charge in [-0.05, 0) is 68.9 Å². The molecule has 180 valence electrons. The summed E-state index contributed by atoms with van der Waals surface area (Å²) in [5.41, 5.74) is 1.94. The highest BCUT2D eigenvalue weighted by Gasteiger charge is 2.29. The number of anilines is 2. The van der Waals surface area contributed by atoms with Crippen molar-refractivity contribution in [3.8, 4) is 5.75 Å². The molecule has 0 saturated carbocycles. The number of sulfonamides is 1. The Bertz CT molecular complexity index is 1110. The third-order valence-electron chi connectivity index (χ3n) is 5.53. The number of ether oxygens (including phenoxy) is 2. The van der Waals surface area contributed by atoms with Crippen LogP contribution >= 0.6 is 11.3 Å². The van der Waals surface area contributed by atoms with Crippen LogP contribution in [0.1, 0.15) is 53.9 Å². The average Bonchev–Trinajstić information content (AvgIpc) is 3.14. The minimum Gasteiger partial charge on any atom is -0.481 e. The summed E-state index contributed by atoms with van der Waals surface area (Å²) in [7, 11) is -1.90. The maximum absolute atomic E-state index is 13.0. The van der Waals surface area contributed by atoms with Crippen molar-refractivity contribution in [2.45, 2.75) is 52.1 Å². The third-order valence-corrected chi connectivity index (χ3v) is 7.94. The molecule has 1 aromatic heterocycles. The number of esters is 1. The second kappa shape index (κ2) is 10.6. The molecule has 0 radical (unpaired) electrons. The maximum Gasteiger partial charge on any atom is 0.341 e. The molecule has 1 aromatic carbocycles. The van der Waals surface area contributed by atoms with Crippen LogP contribution < -0.4 is 14.4 Å². The van der Waals surface area contributed by atoms with Gasteiger partial charge in [-0.3, -0.25) is 9.10 Å². The predicted molar refractivity (Wildman–Crippen MR) is 130 cm³/mol. The van der Waals surface area contributed by atoms with Crippen LogP contribution in [0.5, 0.6) is 5.75 Å². The van der Waals surface area contributed by atoms with E-state index in [4.69, 9.17) is 9.47 Å². The number of fused-ring (bicyclic) bond motifs is 1. The molecule has 1 atom stereocenters. The van der Waals surface area contributed by atoms with Gasteiger partial charge < -0.3 is 14.8 Å². The zero-order chi connectivity index (χ0) is 24.2. The number of carbonyl (C=O) groups is 2. The van der Waals surface area contributed by atoms with Gasteiger partial charge in [0.1, 0.15) is 10.8 Å². The summed E-state index contributed by atoms with van der Waals surface area (Å²) in [6.45, 7) is 3.86. The molecule has 0 unspecified atom stereocenters. The van der Waals surface area contributed by atoms with Gasteiger partial charge in [0.05, 0.1) is 24.1 Å². The number of carbonyl (C=O) groups excluding carboxylic acids is 2. The number of nitrogens with zero attached hydrogens (tertiary/aromatic N) is 1. The van der Waals surface area contributed by atoms with Crippen molar-refractivity contribution in [1.29, 1.82) is 0 Å². The first-order valence-electron chi connectivity index (χ1n) is 11.0. The molecule has 0 aliphatic heterocycles. The summed E-state index contributed by atoms with van der Waals surface area (Å²) >= 11 is 1.44. The van der Waals surface area contributed by atoms with Crippen molar-refractivity contribution in [2.75, 3.05) is 29.5 Å². The van der Waals surface area contributed by atoms with E-state index >= 15 is 0 Å². The maximum atomic E-state index is 13.0. The number of thiophene rings is 1. The summed E-state index contributed by atoms with van der Waals surface area (Å²) < 4.78 is 35.7. The first-order chi connectivity index (χ1) is 15.7. The second-order valence-electron chi connectivity index (χ2n) is 7.86. The molecule has 0 spiro atoms. The normalized spacial score (nSPS) is 14.2. The lowest BCUT2D eigenvalue weighted by molar-refractivity contribution is -0.122. The molecule has 10 heteroatoms. The first-order valence-corrected chi connectivity index (χ1v) is 13.6. The zero-order valence-electron chi connectivity index (χ0n) is 19.3. The molecule has 1 heterocycles. The van der Waals surface area contributed by atoms with Crippen molar-refractivity contribution in [2.24, 2.45) is 0 Å². The van der Waals surface area contributed by atoms with Crippen molar-refractivity contribution in [1.82, 2.24) is 0 Å². The van der Waals surface area contributed by atoms with Crippen molar-refractivity contribution in [3.63, 3.8) is 0 Å². The van der Waals surface area contributed by atoms with Crippen LogP contribution in [0.3, 0.4) is 0 Å². The quantitative estimate of drug-likeness (QED) is 0.529. The van der Waals surface area contributed by atoms with E-state index in [1.54, 1.807) is 31.2 Å². The fraction of sp³-hybridized carbons (Fsp3) is 0.478. The molecule has 0 bridgehead atoms. The van der Waals surface area contributed by atoms with E-state index in [0.717, 1.165) is 46.7 Å². The minimum atomic E-state index is -3.37. The summed E-state index contributed by atoms with van der Waals surface area (Å²) in [6.07, 6.45) is 4.53. The molecule has 0 saturated heterocycles. The molecule has 1 N–H and O–H groups in total. The summed E-state index contributed by atoms with van der Waals surface area (Å²) in [5, 5.41) is 3.41. The minimum absolute atomic E-state index is 0.266. The van der Waals surface area contributed by atoms with E-state index < -0.39 is 22.1 Å². The Labute approximate surface area is 198 Å². The Morgan fingerprint density at radius 1 is 1.15 bits per heavy atom.